The maximum atomic E-state index is 12.7. The second kappa shape index (κ2) is 14.5. The first-order valence-corrected chi connectivity index (χ1v) is 16.4. The molecule has 8 rings (SSSR count). The van der Waals surface area contributed by atoms with E-state index in [4.69, 9.17) is 18.5 Å². The Hall–Kier alpha value is -4.97. The predicted molar refractivity (Wildman–Crippen MR) is 197 cm³/mol. The average Bonchev–Trinajstić information content (AvgIpc) is 3.71. The number of pyridine rings is 2. The molecule has 0 bridgehead atoms. The van der Waals surface area contributed by atoms with Crippen molar-refractivity contribution >= 4 is 33.1 Å². The largest absolute Gasteiger partial charge is 0.501 e. The van der Waals surface area contributed by atoms with Crippen LogP contribution in [-0.4, -0.2) is 19.5 Å². The molecule has 50 heavy (non-hydrogen) atoms. The fourth-order valence-electron chi connectivity index (χ4n) is 6.22. The van der Waals surface area contributed by atoms with Crippen LogP contribution in [0.3, 0.4) is 0 Å². The number of hydrogen-bond donors (Lipinski definition) is 0. The van der Waals surface area contributed by atoms with Crippen LogP contribution >= 0.6 is 0 Å². The molecular weight excluding hydrogens is 800 g/mol. The van der Waals surface area contributed by atoms with E-state index in [0.29, 0.717) is 23.1 Å². The topological polar surface area (TPSA) is 56.7 Å². The van der Waals surface area contributed by atoms with Gasteiger partial charge in [0.25, 0.3) is 0 Å². The molecule has 0 fully saturated rings. The van der Waals surface area contributed by atoms with Gasteiger partial charge in [0, 0.05) is 53.5 Å². The molecule has 0 aliphatic carbocycles. The fraction of sp³-hybridized carbons (Fsp3) is 0.186. The molecule has 0 N–H and O–H groups in total. The maximum absolute atomic E-state index is 12.7. The summed E-state index contributed by atoms with van der Waals surface area (Å²) in [6, 6.07) is 34.2. The molecule has 0 aliphatic rings. The zero-order valence-corrected chi connectivity index (χ0v) is 30.8. The molecule has 0 spiro atoms. The van der Waals surface area contributed by atoms with E-state index in [2.05, 4.69) is 86.6 Å². The fourth-order valence-corrected chi connectivity index (χ4v) is 6.22. The Bertz CT molecular complexity index is 2510. The summed E-state index contributed by atoms with van der Waals surface area (Å²) in [4.78, 5) is 14.1. The number of rotatable bonds is 5. The Morgan fingerprint density at radius 1 is 0.840 bits per heavy atom. The standard InChI is InChI=1S/C31H28N3O.C12H9FN.Ir/c1-18(2)21-11-8-12-22(19(3)4)28(21)34-30(33-27-20(5)16-17-32-31(27)34)25-14-9-13-24-23-10-6-7-15-26(23)35-29(24)25;1-9-2-7-12(14-8-9)10-3-5-11(13)6-4-10;/h6-13,15-19H,1-5H3;2-3,5-8H,1H3;/q2*-1;/i;1D3;. The van der Waals surface area contributed by atoms with Crippen molar-refractivity contribution in [3.8, 4) is 28.3 Å². The van der Waals surface area contributed by atoms with Crippen LogP contribution in [0, 0.1) is 31.7 Å². The molecule has 1 radical (unpaired) electrons. The first-order valence-electron chi connectivity index (χ1n) is 17.9. The number of halogens is 1. The van der Waals surface area contributed by atoms with Gasteiger partial charge in [-0.15, -0.1) is 48.0 Å². The molecule has 4 heterocycles. The minimum absolute atomic E-state index is 0. The number of imidazole rings is 1. The Labute approximate surface area is 309 Å². The first kappa shape index (κ1) is 31.0. The van der Waals surface area contributed by atoms with Crippen LogP contribution in [0.1, 0.15) is 65.9 Å². The predicted octanol–water partition coefficient (Wildman–Crippen LogP) is 11.3. The quantitative estimate of drug-likeness (QED) is 0.162. The van der Waals surface area contributed by atoms with E-state index in [0.717, 1.165) is 55.7 Å². The summed E-state index contributed by atoms with van der Waals surface area (Å²) < 4.78 is 43.0. The van der Waals surface area contributed by atoms with Gasteiger partial charge >= 0.3 is 0 Å². The van der Waals surface area contributed by atoms with Gasteiger partial charge < -0.3 is 14.0 Å². The van der Waals surface area contributed by atoms with Crippen molar-refractivity contribution in [2.45, 2.75) is 53.3 Å². The molecule has 0 unspecified atom stereocenters. The summed E-state index contributed by atoms with van der Waals surface area (Å²) in [6.45, 7) is 8.91. The monoisotopic (exact) mass is 840 g/mol. The van der Waals surface area contributed by atoms with Gasteiger partial charge in [0.15, 0.2) is 5.65 Å². The zero-order chi connectivity index (χ0) is 36.7. The van der Waals surface area contributed by atoms with Crippen molar-refractivity contribution in [1.29, 1.82) is 0 Å². The summed E-state index contributed by atoms with van der Waals surface area (Å²) in [5, 5.41) is 2.17. The normalized spacial score (nSPS) is 12.4. The van der Waals surface area contributed by atoms with Crippen LogP contribution in [0.25, 0.3) is 61.4 Å². The summed E-state index contributed by atoms with van der Waals surface area (Å²) in [7, 11) is 0. The van der Waals surface area contributed by atoms with Crippen LogP contribution in [-0.2, 0) is 20.1 Å². The molecule has 0 atom stereocenters. The van der Waals surface area contributed by atoms with E-state index in [9.17, 15) is 4.39 Å². The van der Waals surface area contributed by atoms with Gasteiger partial charge in [0.05, 0.1) is 16.9 Å². The third kappa shape index (κ3) is 6.51. The number of hydrogen-bond acceptors (Lipinski definition) is 4. The number of aromatic nitrogens is 4. The third-order valence-corrected chi connectivity index (χ3v) is 8.69. The first-order chi connectivity index (χ1) is 24.9. The van der Waals surface area contributed by atoms with Gasteiger partial charge in [-0.3, -0.25) is 9.37 Å². The summed E-state index contributed by atoms with van der Waals surface area (Å²) >= 11 is 0. The number of nitrogens with zero attached hydrogens (tertiary/aromatic N) is 4. The van der Waals surface area contributed by atoms with Gasteiger partial charge in [0.2, 0.25) is 0 Å². The van der Waals surface area contributed by atoms with Crippen LogP contribution < -0.4 is 0 Å². The Balaban J connectivity index is 0.000000226. The van der Waals surface area contributed by atoms with Gasteiger partial charge in [-0.25, -0.2) is 4.98 Å². The molecule has 0 aliphatic heterocycles. The SMILES string of the molecule is Cc1ccnc2c1nc(-c1[c-]ccc3c1oc1ccccc13)n2-c1c(C(C)C)cccc1C(C)C.[2H]C([2H])([2H])c1ccc(-c2[c-]cc(F)cc2)nc1.[Ir]. The summed E-state index contributed by atoms with van der Waals surface area (Å²) in [6.07, 6.45) is 3.18. The van der Waals surface area contributed by atoms with E-state index in [1.165, 1.54) is 35.5 Å². The van der Waals surface area contributed by atoms with Crippen molar-refractivity contribution in [3.05, 3.63) is 144 Å². The minimum Gasteiger partial charge on any atom is -0.501 e. The van der Waals surface area contributed by atoms with E-state index in [-0.39, 0.29) is 31.5 Å². The van der Waals surface area contributed by atoms with Crippen LogP contribution in [0.4, 0.5) is 4.39 Å². The van der Waals surface area contributed by atoms with Crippen molar-refractivity contribution in [2.24, 2.45) is 0 Å². The molecular formula is C43H37FIrN4O-2. The molecule has 0 saturated heterocycles. The van der Waals surface area contributed by atoms with Crippen molar-refractivity contribution in [3.63, 3.8) is 0 Å². The molecule has 5 nitrogen and oxygen atoms in total. The number of benzene rings is 4. The second-order valence-electron chi connectivity index (χ2n) is 12.7. The molecule has 4 aromatic heterocycles. The third-order valence-electron chi connectivity index (χ3n) is 8.69. The van der Waals surface area contributed by atoms with Crippen LogP contribution in [0.5, 0.6) is 0 Å². The smallest absolute Gasteiger partial charge is 0.155 e. The Morgan fingerprint density at radius 2 is 1.62 bits per heavy atom. The van der Waals surface area contributed by atoms with E-state index in [1.807, 2.05) is 36.5 Å². The molecule has 7 heteroatoms. The van der Waals surface area contributed by atoms with Crippen molar-refractivity contribution in [1.82, 2.24) is 19.5 Å². The molecule has 4 aromatic carbocycles. The van der Waals surface area contributed by atoms with Crippen LogP contribution in [0.15, 0.2) is 108 Å². The van der Waals surface area contributed by atoms with Gasteiger partial charge in [-0.05, 0) is 65.7 Å². The number of fused-ring (bicyclic) bond motifs is 4. The van der Waals surface area contributed by atoms with E-state index < -0.39 is 6.85 Å². The Morgan fingerprint density at radius 3 is 2.30 bits per heavy atom. The zero-order valence-electron chi connectivity index (χ0n) is 31.4. The van der Waals surface area contributed by atoms with Gasteiger partial charge in [-0.1, -0.05) is 87.2 Å². The number of aryl methyl sites for hydroxylation is 2. The minimum atomic E-state index is -2.15. The number of para-hydroxylation sites is 2. The van der Waals surface area contributed by atoms with Crippen molar-refractivity contribution < 1.29 is 33.0 Å². The maximum Gasteiger partial charge on any atom is 0.155 e. The van der Waals surface area contributed by atoms with E-state index in [1.54, 1.807) is 12.1 Å². The van der Waals surface area contributed by atoms with Gasteiger partial charge in [-0.2, -0.15) is 0 Å². The molecule has 8 aromatic rings. The van der Waals surface area contributed by atoms with E-state index >= 15 is 0 Å². The number of furan rings is 1. The summed E-state index contributed by atoms with van der Waals surface area (Å²) in [5.41, 5.74) is 10.5. The average molecular weight is 840 g/mol. The second-order valence-corrected chi connectivity index (χ2v) is 12.7. The van der Waals surface area contributed by atoms with Crippen LogP contribution in [0.2, 0.25) is 0 Å². The molecule has 253 valence electrons. The molecule has 0 amide bonds. The Kier molecular flexibility index (Phi) is 8.99. The van der Waals surface area contributed by atoms with Crippen molar-refractivity contribution in [2.75, 3.05) is 0 Å². The molecule has 0 saturated carbocycles. The summed E-state index contributed by atoms with van der Waals surface area (Å²) in [5.74, 6) is 1.11. The van der Waals surface area contributed by atoms with Gasteiger partial charge in [0.1, 0.15) is 5.58 Å².